The Hall–Kier alpha value is -2.45. The van der Waals surface area contributed by atoms with Gasteiger partial charge in [0.25, 0.3) is 5.88 Å². The van der Waals surface area contributed by atoms with Gasteiger partial charge in [0, 0.05) is 30.9 Å². The van der Waals surface area contributed by atoms with E-state index < -0.39 is 0 Å². The number of anilines is 1. The van der Waals surface area contributed by atoms with Gasteiger partial charge in [0.15, 0.2) is 16.9 Å². The summed E-state index contributed by atoms with van der Waals surface area (Å²) < 4.78 is 5.81. The molecule has 1 aliphatic rings. The zero-order chi connectivity index (χ0) is 18.3. The van der Waals surface area contributed by atoms with Gasteiger partial charge < -0.3 is 15.4 Å². The summed E-state index contributed by atoms with van der Waals surface area (Å²) >= 11 is 6.23. The Labute approximate surface area is 155 Å². The topological polar surface area (TPSA) is 106 Å². The number of hydrogen-bond donors (Lipinski definition) is 2. The van der Waals surface area contributed by atoms with E-state index >= 15 is 0 Å². The molecule has 1 saturated heterocycles. The molecule has 0 amide bonds. The van der Waals surface area contributed by atoms with Crippen LogP contribution < -0.4 is 15.4 Å². The van der Waals surface area contributed by atoms with Gasteiger partial charge in [-0.05, 0) is 26.7 Å². The molecule has 3 aromatic rings. The Morgan fingerprint density at radius 3 is 2.85 bits per heavy atom. The third-order valence-electron chi connectivity index (χ3n) is 4.69. The highest BCUT2D eigenvalue weighted by Gasteiger charge is 2.27. The molecule has 0 saturated carbocycles. The number of hydrogen-bond acceptors (Lipinski definition) is 7. The van der Waals surface area contributed by atoms with E-state index in [9.17, 15) is 0 Å². The number of nitrogens with zero attached hydrogens (tertiary/aromatic N) is 5. The maximum absolute atomic E-state index is 6.23. The first-order chi connectivity index (χ1) is 12.4. The van der Waals surface area contributed by atoms with E-state index in [1.165, 1.54) is 0 Å². The minimum Gasteiger partial charge on any atom is -0.434 e. The molecule has 0 radical (unpaired) electrons. The number of H-pyrrole nitrogens is 1. The van der Waals surface area contributed by atoms with Crippen molar-refractivity contribution in [2.24, 2.45) is 5.73 Å². The summed E-state index contributed by atoms with van der Waals surface area (Å²) in [5, 5.41) is 7.51. The number of aryl methyl sites for hydroxylation is 1. The first-order valence-electron chi connectivity index (χ1n) is 8.47. The smallest absolute Gasteiger partial charge is 0.266 e. The number of aromatic nitrogens is 5. The quantitative estimate of drug-likeness (QED) is 0.727. The third-order valence-corrected chi connectivity index (χ3v) is 5.15. The fourth-order valence-electron chi connectivity index (χ4n) is 2.95. The van der Waals surface area contributed by atoms with Crippen LogP contribution in [0.1, 0.15) is 25.5 Å². The summed E-state index contributed by atoms with van der Waals surface area (Å²) in [5.74, 6) is 1.62. The van der Waals surface area contributed by atoms with E-state index in [0.717, 1.165) is 31.7 Å². The number of halogens is 1. The first kappa shape index (κ1) is 17.0. The molecule has 3 aromatic heterocycles. The average Bonchev–Trinajstić information content (AvgIpc) is 3.01. The van der Waals surface area contributed by atoms with E-state index in [1.54, 1.807) is 18.5 Å². The van der Waals surface area contributed by atoms with E-state index in [4.69, 9.17) is 22.1 Å². The predicted octanol–water partition coefficient (Wildman–Crippen LogP) is 2.82. The second kappa shape index (κ2) is 6.37. The number of ether oxygens (including phenoxy) is 1. The lowest BCUT2D eigenvalue weighted by atomic mass is 9.91. The summed E-state index contributed by atoms with van der Waals surface area (Å²) in [4.78, 5) is 15.4. The van der Waals surface area contributed by atoms with Crippen molar-refractivity contribution in [2.45, 2.75) is 32.2 Å². The van der Waals surface area contributed by atoms with Gasteiger partial charge in [-0.3, -0.25) is 10.1 Å². The Morgan fingerprint density at radius 2 is 2.08 bits per heavy atom. The molecule has 136 valence electrons. The molecule has 8 nitrogen and oxygen atoms in total. The SMILES string of the molecule is Cc1nccc(Oc2n[nH]c3nc(N4CCC(C)(N)CC4)cnc23)c1Cl. The highest BCUT2D eigenvalue weighted by Crippen LogP contribution is 2.32. The van der Waals surface area contributed by atoms with E-state index in [-0.39, 0.29) is 5.54 Å². The molecule has 4 rings (SSSR count). The molecule has 26 heavy (non-hydrogen) atoms. The normalized spacial score (nSPS) is 16.8. The zero-order valence-corrected chi connectivity index (χ0v) is 15.4. The molecule has 0 aliphatic carbocycles. The maximum Gasteiger partial charge on any atom is 0.266 e. The Balaban J connectivity index is 1.59. The number of aromatic amines is 1. The van der Waals surface area contributed by atoms with Gasteiger partial charge >= 0.3 is 0 Å². The zero-order valence-electron chi connectivity index (χ0n) is 14.7. The lowest BCUT2D eigenvalue weighted by molar-refractivity contribution is 0.363. The number of pyridine rings is 1. The number of nitrogens with one attached hydrogen (secondary N) is 1. The molecule has 0 spiro atoms. The number of fused-ring (bicyclic) bond motifs is 1. The molecule has 1 aliphatic heterocycles. The Morgan fingerprint density at radius 1 is 1.31 bits per heavy atom. The summed E-state index contributed by atoms with van der Waals surface area (Å²) in [7, 11) is 0. The van der Waals surface area contributed by atoms with Crippen LogP contribution >= 0.6 is 11.6 Å². The van der Waals surface area contributed by atoms with Gasteiger partial charge in [-0.2, -0.15) is 0 Å². The number of piperidine rings is 1. The molecule has 9 heteroatoms. The number of rotatable bonds is 3. The van der Waals surface area contributed by atoms with Gasteiger partial charge in [0.2, 0.25) is 0 Å². The van der Waals surface area contributed by atoms with Crippen molar-refractivity contribution in [1.82, 2.24) is 25.1 Å². The van der Waals surface area contributed by atoms with E-state index in [0.29, 0.717) is 33.5 Å². The van der Waals surface area contributed by atoms with Crippen LogP contribution in [-0.4, -0.2) is 43.8 Å². The average molecular weight is 374 g/mol. The number of nitrogens with two attached hydrogens (primary N) is 1. The van der Waals surface area contributed by atoms with Gasteiger partial charge in [-0.15, -0.1) is 5.10 Å². The highest BCUT2D eigenvalue weighted by atomic mass is 35.5. The van der Waals surface area contributed by atoms with Crippen LogP contribution in [0.5, 0.6) is 11.6 Å². The van der Waals surface area contributed by atoms with Gasteiger partial charge in [-0.1, -0.05) is 11.6 Å². The van der Waals surface area contributed by atoms with Crippen molar-refractivity contribution in [3.05, 3.63) is 29.2 Å². The van der Waals surface area contributed by atoms with Crippen molar-refractivity contribution in [3.63, 3.8) is 0 Å². The fraction of sp³-hybridized carbons (Fsp3) is 0.412. The summed E-state index contributed by atoms with van der Waals surface area (Å²) in [6, 6.07) is 1.69. The first-order valence-corrected chi connectivity index (χ1v) is 8.85. The minimum absolute atomic E-state index is 0.106. The molecule has 4 heterocycles. The largest absolute Gasteiger partial charge is 0.434 e. The van der Waals surface area contributed by atoms with Crippen LogP contribution in [0.2, 0.25) is 5.02 Å². The van der Waals surface area contributed by atoms with Crippen LogP contribution in [0.25, 0.3) is 11.2 Å². The van der Waals surface area contributed by atoms with Gasteiger partial charge in [0.05, 0.1) is 11.9 Å². The maximum atomic E-state index is 6.23. The van der Waals surface area contributed by atoms with Crippen LogP contribution in [0.3, 0.4) is 0 Å². The van der Waals surface area contributed by atoms with E-state index in [1.807, 2.05) is 6.92 Å². The Kier molecular flexibility index (Phi) is 4.16. The molecule has 1 fully saturated rings. The molecule has 0 aromatic carbocycles. The molecular formula is C17H20ClN7O. The lowest BCUT2D eigenvalue weighted by Crippen LogP contribution is -2.48. The van der Waals surface area contributed by atoms with Crippen molar-refractivity contribution >= 4 is 28.6 Å². The van der Waals surface area contributed by atoms with Crippen molar-refractivity contribution in [3.8, 4) is 11.6 Å². The second-order valence-corrected chi connectivity index (χ2v) is 7.28. The fourth-order valence-corrected chi connectivity index (χ4v) is 3.10. The van der Waals surface area contributed by atoms with E-state index in [2.05, 4.69) is 37.0 Å². The van der Waals surface area contributed by atoms with Crippen LogP contribution in [-0.2, 0) is 0 Å². The summed E-state index contributed by atoms with van der Waals surface area (Å²) in [6.07, 6.45) is 5.22. The minimum atomic E-state index is -0.106. The van der Waals surface area contributed by atoms with Gasteiger partial charge in [-0.25, -0.2) is 9.97 Å². The monoisotopic (exact) mass is 373 g/mol. The van der Waals surface area contributed by atoms with Crippen molar-refractivity contribution in [1.29, 1.82) is 0 Å². The third kappa shape index (κ3) is 3.17. The Bertz CT molecular complexity index is 945. The van der Waals surface area contributed by atoms with Crippen LogP contribution in [0.15, 0.2) is 18.5 Å². The predicted molar refractivity (Wildman–Crippen MR) is 99.8 cm³/mol. The molecule has 0 unspecified atom stereocenters. The second-order valence-electron chi connectivity index (χ2n) is 6.91. The van der Waals surface area contributed by atoms with Gasteiger partial charge in [0.1, 0.15) is 10.8 Å². The lowest BCUT2D eigenvalue weighted by Gasteiger charge is -2.37. The van der Waals surface area contributed by atoms with Crippen molar-refractivity contribution < 1.29 is 4.74 Å². The van der Waals surface area contributed by atoms with Crippen LogP contribution in [0, 0.1) is 6.92 Å². The molecule has 0 atom stereocenters. The summed E-state index contributed by atoms with van der Waals surface area (Å²) in [5.41, 5.74) is 7.91. The molecule has 3 N–H and O–H groups in total. The van der Waals surface area contributed by atoms with Crippen molar-refractivity contribution in [2.75, 3.05) is 18.0 Å². The summed E-state index contributed by atoms with van der Waals surface area (Å²) in [6.45, 7) is 5.62. The molecule has 0 bridgehead atoms. The highest BCUT2D eigenvalue weighted by molar-refractivity contribution is 6.32. The molecular weight excluding hydrogens is 354 g/mol. The van der Waals surface area contributed by atoms with Crippen LogP contribution in [0.4, 0.5) is 5.82 Å². The standard InChI is InChI=1S/C17H20ClN7O/c1-10-13(18)11(3-6-20-10)26-16-14-15(23-24-16)22-12(9-21-14)25-7-4-17(2,19)5-8-25/h3,6,9H,4-5,7-8,19H2,1-2H3,(H,22,23,24).